The zero-order chi connectivity index (χ0) is 23.2. The first-order chi connectivity index (χ1) is 14.4. The molecule has 0 aliphatic heterocycles. The molecule has 0 saturated heterocycles. The highest BCUT2D eigenvalue weighted by Crippen LogP contribution is 2.19. The van der Waals surface area contributed by atoms with Crippen LogP contribution in [0.3, 0.4) is 0 Å². The van der Waals surface area contributed by atoms with Crippen molar-refractivity contribution in [1.29, 1.82) is 0 Å². The van der Waals surface area contributed by atoms with Gasteiger partial charge in [-0.3, -0.25) is 4.79 Å². The molecule has 2 aromatic carbocycles. The second kappa shape index (κ2) is 10.1. The first-order valence-electron chi connectivity index (χ1n) is 9.52. The molecule has 31 heavy (non-hydrogen) atoms. The predicted octanol–water partition coefficient (Wildman–Crippen LogP) is 3.56. The summed E-state index contributed by atoms with van der Waals surface area (Å²) in [5.74, 6) is -0.778. The SMILES string of the molecule is Cc1ccc(S(=O)(=O)N[C@H](C(=O)NCc2ccc(OCC(F)(F)F)cc2)C(C)C)cc1. The molecule has 0 fully saturated rings. The van der Waals surface area contributed by atoms with Crippen LogP contribution in [0.4, 0.5) is 13.2 Å². The van der Waals surface area contributed by atoms with Gasteiger partial charge in [0.2, 0.25) is 15.9 Å². The third kappa shape index (κ3) is 7.87. The van der Waals surface area contributed by atoms with Crippen LogP contribution in [0, 0.1) is 12.8 Å². The molecule has 0 saturated carbocycles. The van der Waals surface area contributed by atoms with Gasteiger partial charge in [-0.15, -0.1) is 0 Å². The Bertz CT molecular complexity index is 973. The van der Waals surface area contributed by atoms with Crippen molar-refractivity contribution in [2.45, 2.75) is 44.4 Å². The van der Waals surface area contributed by atoms with Crippen LogP contribution in [0.1, 0.15) is 25.0 Å². The monoisotopic (exact) mass is 458 g/mol. The zero-order valence-electron chi connectivity index (χ0n) is 17.4. The lowest BCUT2D eigenvalue weighted by Gasteiger charge is -2.22. The van der Waals surface area contributed by atoms with Crippen LogP contribution >= 0.6 is 0 Å². The molecule has 2 aromatic rings. The van der Waals surface area contributed by atoms with E-state index in [1.165, 1.54) is 36.4 Å². The van der Waals surface area contributed by atoms with E-state index >= 15 is 0 Å². The smallest absolute Gasteiger partial charge is 0.422 e. The lowest BCUT2D eigenvalue weighted by Crippen LogP contribution is -2.49. The highest BCUT2D eigenvalue weighted by atomic mass is 32.2. The van der Waals surface area contributed by atoms with E-state index in [1.807, 2.05) is 6.92 Å². The number of halogens is 3. The molecule has 10 heteroatoms. The number of hydrogen-bond donors (Lipinski definition) is 2. The maximum atomic E-state index is 12.6. The largest absolute Gasteiger partial charge is 0.484 e. The van der Waals surface area contributed by atoms with Gasteiger partial charge in [0, 0.05) is 6.54 Å². The molecule has 6 nitrogen and oxygen atoms in total. The molecule has 0 aliphatic rings. The molecule has 0 spiro atoms. The van der Waals surface area contributed by atoms with Gasteiger partial charge >= 0.3 is 6.18 Å². The summed E-state index contributed by atoms with van der Waals surface area (Å²) in [6.07, 6.45) is -4.43. The molecule has 0 unspecified atom stereocenters. The Morgan fingerprint density at radius 2 is 1.61 bits per heavy atom. The summed E-state index contributed by atoms with van der Waals surface area (Å²) in [5, 5.41) is 2.65. The number of aryl methyl sites for hydroxylation is 1. The molecular formula is C21H25F3N2O4S. The third-order valence-electron chi connectivity index (χ3n) is 4.36. The van der Waals surface area contributed by atoms with Crippen LogP contribution in [0.5, 0.6) is 5.75 Å². The van der Waals surface area contributed by atoms with Crippen molar-refractivity contribution in [2.75, 3.05) is 6.61 Å². The lowest BCUT2D eigenvalue weighted by molar-refractivity contribution is -0.153. The standard InChI is InChI=1S/C21H25F3N2O4S/c1-14(2)19(26-31(28,29)18-10-4-15(3)5-11-18)20(27)25-12-16-6-8-17(9-7-16)30-13-21(22,23)24/h4-11,14,19,26H,12-13H2,1-3H3,(H,25,27)/t19-/m0/s1. The van der Waals surface area contributed by atoms with E-state index in [9.17, 15) is 26.4 Å². The zero-order valence-corrected chi connectivity index (χ0v) is 18.2. The van der Waals surface area contributed by atoms with Gasteiger partial charge in [-0.05, 0) is 42.7 Å². The molecular weight excluding hydrogens is 433 g/mol. The fourth-order valence-electron chi connectivity index (χ4n) is 2.61. The summed E-state index contributed by atoms with van der Waals surface area (Å²) < 4.78 is 68.9. The van der Waals surface area contributed by atoms with Gasteiger partial charge in [-0.1, -0.05) is 43.7 Å². The van der Waals surface area contributed by atoms with Crippen LogP contribution in [0.15, 0.2) is 53.4 Å². The van der Waals surface area contributed by atoms with Gasteiger partial charge in [-0.2, -0.15) is 17.9 Å². The van der Waals surface area contributed by atoms with Crippen molar-refractivity contribution >= 4 is 15.9 Å². The van der Waals surface area contributed by atoms with Crippen LogP contribution in [-0.4, -0.2) is 33.1 Å². The summed E-state index contributed by atoms with van der Waals surface area (Å²) in [7, 11) is -3.89. The minimum Gasteiger partial charge on any atom is -0.484 e. The number of benzene rings is 2. The minimum absolute atomic E-state index is 0.0540. The fourth-order valence-corrected chi connectivity index (χ4v) is 3.96. The van der Waals surface area contributed by atoms with Gasteiger partial charge in [-0.25, -0.2) is 8.42 Å². The van der Waals surface area contributed by atoms with Crippen LogP contribution in [0.25, 0.3) is 0 Å². The van der Waals surface area contributed by atoms with E-state index in [-0.39, 0.29) is 23.1 Å². The second-order valence-corrected chi connectivity index (χ2v) is 9.14. The fraction of sp³-hybridized carbons (Fsp3) is 0.381. The first kappa shape index (κ1) is 24.7. The van der Waals surface area contributed by atoms with Crippen molar-refractivity contribution < 1.29 is 31.1 Å². The number of amides is 1. The number of rotatable bonds is 9. The Balaban J connectivity index is 1.99. The van der Waals surface area contributed by atoms with E-state index in [0.717, 1.165) is 5.56 Å². The first-order valence-corrected chi connectivity index (χ1v) is 11.0. The van der Waals surface area contributed by atoms with Crippen LogP contribution in [-0.2, 0) is 21.4 Å². The predicted molar refractivity (Wildman–Crippen MR) is 110 cm³/mol. The van der Waals surface area contributed by atoms with Gasteiger partial charge in [0.25, 0.3) is 0 Å². The average Bonchev–Trinajstić information content (AvgIpc) is 2.69. The minimum atomic E-state index is -4.43. The second-order valence-electron chi connectivity index (χ2n) is 7.42. The number of carbonyl (C=O) groups is 1. The normalized spacial score (nSPS) is 13.1. The topological polar surface area (TPSA) is 84.5 Å². The van der Waals surface area contributed by atoms with E-state index in [0.29, 0.717) is 5.56 Å². The summed E-state index contributed by atoms with van der Waals surface area (Å²) in [6.45, 7) is 3.96. The quantitative estimate of drug-likeness (QED) is 0.602. The molecule has 0 bridgehead atoms. The Labute approximate surface area is 179 Å². The molecule has 0 radical (unpaired) electrons. The van der Waals surface area contributed by atoms with E-state index < -0.39 is 34.8 Å². The summed E-state index contributed by atoms with van der Waals surface area (Å²) in [4.78, 5) is 12.7. The number of sulfonamides is 1. The molecule has 0 aliphatic carbocycles. The molecule has 0 heterocycles. The average molecular weight is 459 g/mol. The molecule has 2 rings (SSSR count). The molecule has 170 valence electrons. The Morgan fingerprint density at radius 3 is 2.13 bits per heavy atom. The van der Waals surface area contributed by atoms with Gasteiger partial charge < -0.3 is 10.1 Å². The van der Waals surface area contributed by atoms with Gasteiger partial charge in [0.1, 0.15) is 11.8 Å². The Morgan fingerprint density at radius 1 is 1.03 bits per heavy atom. The Hall–Kier alpha value is -2.59. The van der Waals surface area contributed by atoms with Crippen molar-refractivity contribution in [3.05, 3.63) is 59.7 Å². The van der Waals surface area contributed by atoms with Crippen molar-refractivity contribution in [3.8, 4) is 5.75 Å². The van der Waals surface area contributed by atoms with E-state index in [2.05, 4.69) is 14.8 Å². The van der Waals surface area contributed by atoms with E-state index in [4.69, 9.17) is 0 Å². The number of ether oxygens (including phenoxy) is 1. The van der Waals surface area contributed by atoms with Gasteiger partial charge in [0.15, 0.2) is 6.61 Å². The molecule has 1 atom stereocenters. The summed E-state index contributed by atoms with van der Waals surface area (Å²) in [5.41, 5.74) is 1.53. The maximum absolute atomic E-state index is 12.6. The molecule has 2 N–H and O–H groups in total. The molecule has 1 amide bonds. The Kier molecular flexibility index (Phi) is 8.08. The summed E-state index contributed by atoms with van der Waals surface area (Å²) >= 11 is 0. The van der Waals surface area contributed by atoms with Crippen LogP contribution < -0.4 is 14.8 Å². The number of alkyl halides is 3. The van der Waals surface area contributed by atoms with Crippen molar-refractivity contribution in [2.24, 2.45) is 5.92 Å². The van der Waals surface area contributed by atoms with Crippen molar-refractivity contribution in [3.63, 3.8) is 0 Å². The third-order valence-corrected chi connectivity index (χ3v) is 5.81. The molecule has 0 aromatic heterocycles. The van der Waals surface area contributed by atoms with Gasteiger partial charge in [0.05, 0.1) is 4.90 Å². The number of carbonyl (C=O) groups excluding carboxylic acids is 1. The van der Waals surface area contributed by atoms with Crippen LogP contribution in [0.2, 0.25) is 0 Å². The van der Waals surface area contributed by atoms with Crippen molar-refractivity contribution in [1.82, 2.24) is 10.0 Å². The number of hydrogen-bond acceptors (Lipinski definition) is 4. The number of nitrogens with one attached hydrogen (secondary N) is 2. The lowest BCUT2D eigenvalue weighted by atomic mass is 10.0. The highest BCUT2D eigenvalue weighted by Gasteiger charge is 2.29. The summed E-state index contributed by atoms with van der Waals surface area (Å²) in [6, 6.07) is 11.0. The highest BCUT2D eigenvalue weighted by molar-refractivity contribution is 7.89. The van der Waals surface area contributed by atoms with E-state index in [1.54, 1.807) is 26.0 Å². The maximum Gasteiger partial charge on any atom is 0.422 e.